The van der Waals surface area contributed by atoms with Gasteiger partial charge in [0.1, 0.15) is 5.00 Å². The molecule has 1 heterocycles. The van der Waals surface area contributed by atoms with E-state index in [1.54, 1.807) is 0 Å². The lowest BCUT2D eigenvalue weighted by atomic mass is 10.1. The second-order valence-electron chi connectivity index (χ2n) is 2.96. The van der Waals surface area contributed by atoms with E-state index in [9.17, 15) is 5.11 Å². The van der Waals surface area contributed by atoms with Gasteiger partial charge in [-0.1, -0.05) is 19.1 Å². The number of hydrogen-bond donors (Lipinski definition) is 2. The Kier molecular flexibility index (Phi) is 1.88. The molecular weight excluding hydrogens is 182 g/mol. The van der Waals surface area contributed by atoms with Gasteiger partial charge in [-0.15, -0.1) is 11.3 Å². The Morgan fingerprint density at radius 1 is 1.46 bits per heavy atom. The number of fused-ring (bicyclic) bond motifs is 1. The Labute approximate surface area is 80.6 Å². The van der Waals surface area contributed by atoms with Gasteiger partial charge in [-0.2, -0.15) is 0 Å². The summed E-state index contributed by atoms with van der Waals surface area (Å²) >= 11 is 1.44. The maximum atomic E-state index is 9.70. The maximum absolute atomic E-state index is 9.70. The van der Waals surface area contributed by atoms with Gasteiger partial charge < -0.3 is 10.8 Å². The number of anilines is 1. The number of rotatable bonds is 1. The van der Waals surface area contributed by atoms with Crippen LogP contribution in [-0.4, -0.2) is 5.11 Å². The molecule has 0 saturated heterocycles. The Bertz CT molecular complexity index is 447. The van der Waals surface area contributed by atoms with E-state index in [0.29, 0.717) is 5.00 Å². The predicted molar refractivity (Wildman–Crippen MR) is 57.3 cm³/mol. The first-order chi connectivity index (χ1) is 6.24. The highest BCUT2D eigenvalue weighted by Gasteiger charge is 2.10. The highest BCUT2D eigenvalue weighted by atomic mass is 32.1. The molecule has 0 unspecified atom stereocenters. The standard InChI is InChI=1S/C10H11NOS/c1-2-6-4-3-5-7-8(6)9(12)10(11)13-7/h3-5,12H,2,11H2,1H3. The molecular formula is C10H11NOS. The molecule has 0 spiro atoms. The molecule has 2 nitrogen and oxygen atoms in total. The largest absolute Gasteiger partial charge is 0.504 e. The fourth-order valence-electron chi connectivity index (χ4n) is 1.52. The van der Waals surface area contributed by atoms with Crippen molar-refractivity contribution in [2.75, 3.05) is 5.73 Å². The van der Waals surface area contributed by atoms with E-state index in [4.69, 9.17) is 5.73 Å². The van der Waals surface area contributed by atoms with Crippen molar-refractivity contribution in [2.45, 2.75) is 13.3 Å². The molecule has 0 bridgehead atoms. The van der Waals surface area contributed by atoms with Gasteiger partial charge in [0, 0.05) is 10.1 Å². The first-order valence-corrected chi connectivity index (χ1v) is 5.04. The average Bonchev–Trinajstić information content (AvgIpc) is 2.43. The summed E-state index contributed by atoms with van der Waals surface area (Å²) in [7, 11) is 0. The van der Waals surface area contributed by atoms with Gasteiger partial charge in [0.2, 0.25) is 0 Å². The minimum Gasteiger partial charge on any atom is -0.504 e. The molecule has 0 aliphatic rings. The number of benzene rings is 1. The van der Waals surface area contributed by atoms with Crippen molar-refractivity contribution in [3.8, 4) is 5.75 Å². The quantitative estimate of drug-likeness (QED) is 0.731. The monoisotopic (exact) mass is 193 g/mol. The third-order valence-corrected chi connectivity index (χ3v) is 3.16. The summed E-state index contributed by atoms with van der Waals surface area (Å²) in [5.41, 5.74) is 6.80. The Balaban J connectivity index is 2.87. The molecule has 1 aromatic carbocycles. The Morgan fingerprint density at radius 3 is 2.92 bits per heavy atom. The van der Waals surface area contributed by atoms with Crippen LogP contribution in [-0.2, 0) is 6.42 Å². The molecule has 0 aliphatic heterocycles. The summed E-state index contributed by atoms with van der Waals surface area (Å²) in [5, 5.41) is 11.1. The zero-order chi connectivity index (χ0) is 9.42. The predicted octanol–water partition coefficient (Wildman–Crippen LogP) is 2.75. The highest BCUT2D eigenvalue weighted by molar-refractivity contribution is 7.23. The molecule has 0 saturated carbocycles. The van der Waals surface area contributed by atoms with E-state index in [-0.39, 0.29) is 5.75 Å². The molecule has 3 heteroatoms. The molecule has 68 valence electrons. The van der Waals surface area contributed by atoms with Crippen molar-refractivity contribution < 1.29 is 5.11 Å². The SMILES string of the molecule is CCc1cccc2sc(N)c(O)c12. The molecule has 0 aliphatic carbocycles. The second-order valence-corrected chi connectivity index (χ2v) is 4.04. The van der Waals surface area contributed by atoms with Crippen LogP contribution in [0.2, 0.25) is 0 Å². The van der Waals surface area contributed by atoms with Crippen LogP contribution in [0.4, 0.5) is 5.00 Å². The fourth-order valence-corrected chi connectivity index (χ4v) is 2.43. The van der Waals surface area contributed by atoms with Crippen LogP contribution >= 0.6 is 11.3 Å². The molecule has 0 amide bonds. The van der Waals surface area contributed by atoms with Gasteiger partial charge >= 0.3 is 0 Å². The summed E-state index contributed by atoms with van der Waals surface area (Å²) in [5.74, 6) is 0.248. The number of aromatic hydroxyl groups is 1. The normalized spacial score (nSPS) is 10.8. The van der Waals surface area contributed by atoms with E-state index in [2.05, 4.69) is 6.92 Å². The van der Waals surface area contributed by atoms with Crippen LogP contribution in [0.3, 0.4) is 0 Å². The van der Waals surface area contributed by atoms with E-state index in [1.165, 1.54) is 11.3 Å². The number of aryl methyl sites for hydroxylation is 1. The van der Waals surface area contributed by atoms with Crippen molar-refractivity contribution in [3.63, 3.8) is 0 Å². The van der Waals surface area contributed by atoms with Gasteiger partial charge in [-0.05, 0) is 18.1 Å². The summed E-state index contributed by atoms with van der Waals surface area (Å²) in [6, 6.07) is 6.00. The topological polar surface area (TPSA) is 46.2 Å². The summed E-state index contributed by atoms with van der Waals surface area (Å²) in [4.78, 5) is 0. The number of hydrogen-bond acceptors (Lipinski definition) is 3. The van der Waals surface area contributed by atoms with Crippen molar-refractivity contribution in [1.82, 2.24) is 0 Å². The van der Waals surface area contributed by atoms with Crippen LogP contribution in [0.25, 0.3) is 10.1 Å². The van der Waals surface area contributed by atoms with E-state index >= 15 is 0 Å². The van der Waals surface area contributed by atoms with Crippen molar-refractivity contribution in [2.24, 2.45) is 0 Å². The summed E-state index contributed by atoms with van der Waals surface area (Å²) in [6.45, 7) is 2.07. The molecule has 0 atom stereocenters. The first kappa shape index (κ1) is 8.38. The van der Waals surface area contributed by atoms with Crippen LogP contribution in [0.5, 0.6) is 5.75 Å². The van der Waals surface area contributed by atoms with E-state index in [0.717, 1.165) is 22.1 Å². The number of thiophene rings is 1. The molecule has 2 aromatic rings. The molecule has 0 fully saturated rings. The van der Waals surface area contributed by atoms with E-state index in [1.807, 2.05) is 18.2 Å². The average molecular weight is 193 g/mol. The third-order valence-electron chi connectivity index (χ3n) is 2.18. The summed E-state index contributed by atoms with van der Waals surface area (Å²) in [6.07, 6.45) is 0.918. The molecule has 0 radical (unpaired) electrons. The van der Waals surface area contributed by atoms with Gasteiger partial charge in [-0.25, -0.2) is 0 Å². The molecule has 3 N–H and O–H groups in total. The fraction of sp³-hybridized carbons (Fsp3) is 0.200. The van der Waals surface area contributed by atoms with Crippen molar-refractivity contribution in [3.05, 3.63) is 23.8 Å². The first-order valence-electron chi connectivity index (χ1n) is 4.23. The number of nitrogens with two attached hydrogens (primary N) is 1. The van der Waals surface area contributed by atoms with Crippen LogP contribution in [0.1, 0.15) is 12.5 Å². The third kappa shape index (κ3) is 1.16. The van der Waals surface area contributed by atoms with Gasteiger partial charge in [0.15, 0.2) is 5.75 Å². The van der Waals surface area contributed by atoms with E-state index < -0.39 is 0 Å². The minimum atomic E-state index is 0.248. The minimum absolute atomic E-state index is 0.248. The molecule has 13 heavy (non-hydrogen) atoms. The van der Waals surface area contributed by atoms with Crippen LogP contribution in [0, 0.1) is 0 Å². The van der Waals surface area contributed by atoms with Crippen LogP contribution < -0.4 is 5.73 Å². The van der Waals surface area contributed by atoms with Gasteiger partial charge in [-0.3, -0.25) is 0 Å². The maximum Gasteiger partial charge on any atom is 0.157 e. The molecule has 2 rings (SSSR count). The Hall–Kier alpha value is -1.22. The lowest BCUT2D eigenvalue weighted by Gasteiger charge is -1.98. The van der Waals surface area contributed by atoms with Crippen molar-refractivity contribution in [1.29, 1.82) is 0 Å². The summed E-state index contributed by atoms with van der Waals surface area (Å²) < 4.78 is 1.06. The van der Waals surface area contributed by atoms with Gasteiger partial charge in [0.05, 0.1) is 0 Å². The zero-order valence-electron chi connectivity index (χ0n) is 7.37. The van der Waals surface area contributed by atoms with Gasteiger partial charge in [0.25, 0.3) is 0 Å². The highest BCUT2D eigenvalue weighted by Crippen LogP contribution is 2.40. The smallest absolute Gasteiger partial charge is 0.157 e. The Morgan fingerprint density at radius 2 is 2.23 bits per heavy atom. The lowest BCUT2D eigenvalue weighted by Crippen LogP contribution is -1.81. The second kappa shape index (κ2) is 2.92. The lowest BCUT2D eigenvalue weighted by molar-refractivity contribution is 0.485. The number of nitrogen functional groups attached to an aromatic ring is 1. The van der Waals surface area contributed by atoms with Crippen molar-refractivity contribution >= 4 is 26.4 Å². The zero-order valence-corrected chi connectivity index (χ0v) is 8.19. The van der Waals surface area contributed by atoms with Crippen LogP contribution in [0.15, 0.2) is 18.2 Å². The molecule has 1 aromatic heterocycles.